The summed E-state index contributed by atoms with van der Waals surface area (Å²) in [7, 11) is 4.76. The van der Waals surface area contributed by atoms with Gasteiger partial charge in [-0.3, -0.25) is 4.79 Å². The molecule has 1 unspecified atom stereocenters. The Balaban J connectivity index is 3.50. The number of methoxy groups -OCH3 is 3. The Morgan fingerprint density at radius 2 is 1.83 bits per heavy atom. The van der Waals surface area contributed by atoms with Crippen LogP contribution in [0.15, 0.2) is 10.5 Å². The number of hydrogen-bond acceptors (Lipinski definition) is 4. The van der Waals surface area contributed by atoms with Crippen LogP contribution in [0.1, 0.15) is 17.3 Å². The highest BCUT2D eigenvalue weighted by Gasteiger charge is 2.24. The normalized spacial score (nSPS) is 10.7. The average molecular weight is 335 g/mol. The van der Waals surface area contributed by atoms with Gasteiger partial charge in [0.25, 0.3) is 0 Å². The summed E-state index contributed by atoms with van der Waals surface area (Å²) in [6, 6.07) is 1.73. The lowest BCUT2D eigenvalue weighted by molar-refractivity contribution is 0.107. The number of benzene rings is 1. The standard InChI is InChI=1S/C12H16BrO4P/c1-5-18-12(14)9-10(16-3)7(13)6-8(15-2)11(9)17-4/h6,18H,5H2,1-4H3. The van der Waals surface area contributed by atoms with Crippen LogP contribution >= 0.6 is 24.5 Å². The van der Waals surface area contributed by atoms with Crippen LogP contribution in [0.4, 0.5) is 0 Å². The fourth-order valence-electron chi connectivity index (χ4n) is 1.60. The molecule has 18 heavy (non-hydrogen) atoms. The summed E-state index contributed by atoms with van der Waals surface area (Å²) in [5, 5.41) is 0. The molecule has 0 radical (unpaired) electrons. The molecule has 0 aromatic heterocycles. The molecule has 1 aromatic rings. The number of carbonyl (C=O) groups is 1. The molecule has 0 bridgehead atoms. The Bertz CT molecular complexity index is 448. The van der Waals surface area contributed by atoms with Gasteiger partial charge in [0, 0.05) is 6.07 Å². The smallest absolute Gasteiger partial charge is 0.188 e. The maximum Gasteiger partial charge on any atom is 0.188 e. The Hall–Kier alpha value is -0.800. The van der Waals surface area contributed by atoms with Crippen molar-refractivity contribution >= 4 is 30.0 Å². The molecule has 0 saturated heterocycles. The van der Waals surface area contributed by atoms with Crippen LogP contribution in [0, 0.1) is 0 Å². The van der Waals surface area contributed by atoms with Crippen molar-refractivity contribution in [3.63, 3.8) is 0 Å². The van der Waals surface area contributed by atoms with Gasteiger partial charge < -0.3 is 14.2 Å². The zero-order chi connectivity index (χ0) is 13.7. The SMILES string of the molecule is CCPC(=O)c1c(OC)c(Br)cc(OC)c1OC. The topological polar surface area (TPSA) is 44.8 Å². The first-order chi connectivity index (χ1) is 8.60. The molecular formula is C12H16BrO4P. The minimum absolute atomic E-state index is 0.00537. The van der Waals surface area contributed by atoms with E-state index in [-0.39, 0.29) is 14.1 Å². The molecule has 0 N–H and O–H groups in total. The van der Waals surface area contributed by atoms with Crippen molar-refractivity contribution in [3.8, 4) is 17.2 Å². The van der Waals surface area contributed by atoms with Crippen molar-refractivity contribution in [2.45, 2.75) is 6.92 Å². The molecule has 0 aliphatic carbocycles. The van der Waals surface area contributed by atoms with Gasteiger partial charge in [0.05, 0.1) is 25.8 Å². The molecule has 1 aromatic carbocycles. The first-order valence-electron chi connectivity index (χ1n) is 5.37. The third kappa shape index (κ3) is 2.96. The second kappa shape index (κ2) is 6.95. The molecular weight excluding hydrogens is 319 g/mol. The van der Waals surface area contributed by atoms with E-state index in [1.165, 1.54) is 21.3 Å². The zero-order valence-corrected chi connectivity index (χ0v) is 13.4. The second-order valence-corrected chi connectivity index (χ2v) is 5.73. The lowest BCUT2D eigenvalue weighted by Crippen LogP contribution is -2.04. The van der Waals surface area contributed by atoms with Gasteiger partial charge in [0.15, 0.2) is 17.0 Å². The molecule has 0 saturated carbocycles. The molecule has 4 nitrogen and oxygen atoms in total. The molecule has 6 heteroatoms. The van der Waals surface area contributed by atoms with Crippen LogP contribution in [-0.4, -0.2) is 33.0 Å². The third-order valence-electron chi connectivity index (χ3n) is 2.35. The third-order valence-corrected chi connectivity index (χ3v) is 3.86. The number of carbonyl (C=O) groups excluding carboxylic acids is 1. The summed E-state index contributed by atoms with van der Waals surface area (Å²) in [6.45, 7) is 1.96. The molecule has 1 rings (SSSR count). The maximum atomic E-state index is 12.2. The summed E-state index contributed by atoms with van der Waals surface area (Å²) in [5.41, 5.74) is 0.442. The van der Waals surface area contributed by atoms with Gasteiger partial charge in [-0.2, -0.15) is 0 Å². The minimum Gasteiger partial charge on any atom is -0.495 e. The summed E-state index contributed by atoms with van der Waals surface area (Å²) < 4.78 is 16.5. The van der Waals surface area contributed by atoms with Crippen LogP contribution in [0.2, 0.25) is 0 Å². The van der Waals surface area contributed by atoms with Crippen LogP contribution in [0.5, 0.6) is 17.2 Å². The molecule has 0 spiro atoms. The molecule has 1 atom stereocenters. The van der Waals surface area contributed by atoms with E-state index >= 15 is 0 Å². The van der Waals surface area contributed by atoms with Crippen LogP contribution < -0.4 is 14.2 Å². The molecule has 0 aliphatic rings. The van der Waals surface area contributed by atoms with Crippen molar-refractivity contribution < 1.29 is 19.0 Å². The molecule has 100 valence electrons. The average Bonchev–Trinajstić information content (AvgIpc) is 2.37. The van der Waals surface area contributed by atoms with Gasteiger partial charge in [-0.25, -0.2) is 0 Å². The van der Waals surface area contributed by atoms with Gasteiger partial charge in [0.2, 0.25) is 0 Å². The van der Waals surface area contributed by atoms with Crippen molar-refractivity contribution in [1.29, 1.82) is 0 Å². The quantitative estimate of drug-likeness (QED) is 0.748. The van der Waals surface area contributed by atoms with Gasteiger partial charge in [-0.1, -0.05) is 6.92 Å². The van der Waals surface area contributed by atoms with E-state index in [1.807, 2.05) is 6.92 Å². The van der Waals surface area contributed by atoms with Crippen LogP contribution in [0.25, 0.3) is 0 Å². The van der Waals surface area contributed by atoms with E-state index in [1.54, 1.807) is 6.07 Å². The predicted molar refractivity (Wildman–Crippen MR) is 77.0 cm³/mol. The maximum absolute atomic E-state index is 12.2. The van der Waals surface area contributed by atoms with E-state index in [0.717, 1.165) is 6.16 Å². The monoisotopic (exact) mass is 334 g/mol. The van der Waals surface area contributed by atoms with Gasteiger partial charge in [-0.15, -0.1) is 0 Å². The van der Waals surface area contributed by atoms with E-state index in [2.05, 4.69) is 15.9 Å². The highest BCUT2D eigenvalue weighted by molar-refractivity contribution is 9.10. The lowest BCUT2D eigenvalue weighted by atomic mass is 10.1. The molecule has 0 amide bonds. The molecule has 0 aliphatic heterocycles. The number of halogens is 1. The van der Waals surface area contributed by atoms with Crippen LogP contribution in [-0.2, 0) is 0 Å². The highest BCUT2D eigenvalue weighted by atomic mass is 79.9. The minimum atomic E-state index is 0.00537. The summed E-state index contributed by atoms with van der Waals surface area (Å²) in [5.74, 6) is 1.41. The summed E-state index contributed by atoms with van der Waals surface area (Å²) >= 11 is 3.37. The largest absolute Gasteiger partial charge is 0.495 e. The molecule has 0 heterocycles. The predicted octanol–water partition coefficient (Wildman–Crippen LogP) is 3.31. The number of ether oxygens (including phenoxy) is 3. The van der Waals surface area contributed by atoms with Crippen molar-refractivity contribution in [3.05, 3.63) is 16.1 Å². The fraction of sp³-hybridized carbons (Fsp3) is 0.417. The van der Waals surface area contributed by atoms with Crippen LogP contribution in [0.3, 0.4) is 0 Å². The fourth-order valence-corrected chi connectivity index (χ4v) is 2.89. The summed E-state index contributed by atoms with van der Waals surface area (Å²) in [6.07, 6.45) is 0.792. The van der Waals surface area contributed by atoms with Gasteiger partial charge in [0.1, 0.15) is 11.3 Å². The van der Waals surface area contributed by atoms with E-state index in [9.17, 15) is 4.79 Å². The Kier molecular flexibility index (Phi) is 5.89. The highest BCUT2D eigenvalue weighted by Crippen LogP contribution is 2.45. The van der Waals surface area contributed by atoms with Crippen molar-refractivity contribution in [2.24, 2.45) is 0 Å². The van der Waals surface area contributed by atoms with Crippen molar-refractivity contribution in [2.75, 3.05) is 27.5 Å². The molecule has 0 fully saturated rings. The zero-order valence-electron chi connectivity index (χ0n) is 10.8. The number of rotatable bonds is 6. The Morgan fingerprint density at radius 1 is 1.22 bits per heavy atom. The first-order valence-corrected chi connectivity index (χ1v) is 7.37. The second-order valence-electron chi connectivity index (χ2n) is 3.36. The van der Waals surface area contributed by atoms with Gasteiger partial charge in [-0.05, 0) is 30.7 Å². The van der Waals surface area contributed by atoms with E-state index in [4.69, 9.17) is 14.2 Å². The van der Waals surface area contributed by atoms with E-state index < -0.39 is 0 Å². The van der Waals surface area contributed by atoms with Gasteiger partial charge >= 0.3 is 0 Å². The number of hydrogen-bond donors (Lipinski definition) is 0. The lowest BCUT2D eigenvalue weighted by Gasteiger charge is -2.16. The summed E-state index contributed by atoms with van der Waals surface area (Å²) in [4.78, 5) is 12.2. The van der Waals surface area contributed by atoms with E-state index in [0.29, 0.717) is 27.3 Å². The Labute approximate surface area is 117 Å². The van der Waals surface area contributed by atoms with Crippen molar-refractivity contribution in [1.82, 2.24) is 0 Å². The Morgan fingerprint density at radius 3 is 2.28 bits per heavy atom. The first kappa shape index (κ1) is 15.3.